The van der Waals surface area contributed by atoms with Gasteiger partial charge in [-0.1, -0.05) is 156 Å². The first kappa shape index (κ1) is 38.3. The Kier molecular flexibility index (Phi) is 9.00. The number of aryl methyl sites for hydroxylation is 3. The second-order valence-corrected chi connectivity index (χ2v) is 19.9. The number of hydrogen-bond donors (Lipinski definition) is 0. The molecule has 0 fully saturated rings. The van der Waals surface area contributed by atoms with Gasteiger partial charge in [0.1, 0.15) is 23.0 Å². The zero-order chi connectivity index (χ0) is 41.7. The van der Waals surface area contributed by atoms with Crippen molar-refractivity contribution in [1.82, 2.24) is 0 Å². The average Bonchev–Trinajstić information content (AvgIpc) is 3.59. The number of benzene rings is 7. The van der Waals surface area contributed by atoms with Gasteiger partial charge < -0.3 is 14.1 Å². The second-order valence-electron chi connectivity index (χ2n) is 18.8. The Morgan fingerprint density at radius 3 is 1.63 bits per heavy atom. The number of ether oxygens (including phenoxy) is 1. The van der Waals surface area contributed by atoms with Gasteiger partial charge in [-0.2, -0.15) is 0 Å². The van der Waals surface area contributed by atoms with Crippen LogP contribution >= 0.6 is 11.8 Å². The van der Waals surface area contributed by atoms with Gasteiger partial charge in [0, 0.05) is 54.8 Å². The quantitative estimate of drug-likeness (QED) is 0.162. The first-order valence-electron chi connectivity index (χ1n) is 21.1. The van der Waals surface area contributed by atoms with E-state index in [9.17, 15) is 0 Å². The summed E-state index contributed by atoms with van der Waals surface area (Å²) in [5.41, 5.74) is 15.6. The minimum absolute atomic E-state index is 0.0122. The number of nitrogens with zero attached hydrogens (tertiary/aromatic N) is 1. The van der Waals surface area contributed by atoms with Gasteiger partial charge in [0.05, 0.1) is 0 Å². The highest BCUT2D eigenvalue weighted by Crippen LogP contribution is 2.46. The summed E-state index contributed by atoms with van der Waals surface area (Å²) in [6, 6.07) is 51.1. The molecule has 60 heavy (non-hydrogen) atoms. The molecule has 1 aromatic heterocycles. The Balaban J connectivity index is 1.17. The molecule has 0 saturated carbocycles. The van der Waals surface area contributed by atoms with E-state index >= 15 is 0 Å². The van der Waals surface area contributed by atoms with Gasteiger partial charge in [-0.3, -0.25) is 0 Å². The highest BCUT2D eigenvalue weighted by Gasteiger charge is 2.40. The largest absolute Gasteiger partial charge is 0.458 e. The zero-order valence-corrected chi connectivity index (χ0v) is 36.8. The van der Waals surface area contributed by atoms with Crippen molar-refractivity contribution in [3.63, 3.8) is 0 Å². The molecule has 0 N–H and O–H groups in total. The van der Waals surface area contributed by atoms with Crippen LogP contribution in [-0.2, 0) is 10.8 Å². The van der Waals surface area contributed by atoms with Crippen LogP contribution in [0.5, 0.6) is 11.5 Å². The molecule has 10 rings (SSSR count). The molecule has 7 aromatic carbocycles. The molecule has 0 saturated heterocycles. The maximum atomic E-state index is 7.05. The van der Waals surface area contributed by atoms with Crippen molar-refractivity contribution in [2.75, 3.05) is 4.90 Å². The molecule has 0 unspecified atom stereocenters. The van der Waals surface area contributed by atoms with Crippen molar-refractivity contribution in [1.29, 1.82) is 0 Å². The summed E-state index contributed by atoms with van der Waals surface area (Å²) in [6.45, 7) is 20.3. The van der Waals surface area contributed by atoms with E-state index in [0.717, 1.165) is 62.0 Å². The van der Waals surface area contributed by atoms with Crippen molar-refractivity contribution in [3.05, 3.63) is 167 Å². The smallest absolute Gasteiger partial charge is 0.253 e. The van der Waals surface area contributed by atoms with Crippen LogP contribution in [0.15, 0.2) is 154 Å². The molecular weight excluding hydrogens is 749 g/mol. The van der Waals surface area contributed by atoms with Crippen LogP contribution < -0.4 is 26.0 Å². The third kappa shape index (κ3) is 6.46. The van der Waals surface area contributed by atoms with Gasteiger partial charge in [-0.25, -0.2) is 0 Å². The summed E-state index contributed by atoms with van der Waals surface area (Å²) in [5.74, 6) is 3.61. The topological polar surface area (TPSA) is 25.6 Å². The summed E-state index contributed by atoms with van der Waals surface area (Å²) in [4.78, 5) is 4.92. The fraction of sp³-hybridized carbons (Fsp3) is 0.200. The van der Waals surface area contributed by atoms with Gasteiger partial charge in [-0.05, 0) is 107 Å². The van der Waals surface area contributed by atoms with Crippen LogP contribution in [0.2, 0.25) is 0 Å². The van der Waals surface area contributed by atoms with E-state index in [1.165, 1.54) is 54.0 Å². The van der Waals surface area contributed by atoms with Gasteiger partial charge in [0.15, 0.2) is 0 Å². The molecule has 0 radical (unpaired) electrons. The van der Waals surface area contributed by atoms with Crippen molar-refractivity contribution in [3.8, 4) is 34.1 Å². The summed E-state index contributed by atoms with van der Waals surface area (Å²) in [5, 5.41) is 2.25. The number of anilines is 3. The third-order valence-corrected chi connectivity index (χ3v) is 13.5. The Morgan fingerprint density at radius 1 is 0.517 bits per heavy atom. The summed E-state index contributed by atoms with van der Waals surface area (Å²) >= 11 is 1.84. The third-order valence-electron chi connectivity index (χ3n) is 12.4. The Bertz CT molecular complexity index is 2920. The number of hydrogen-bond acceptors (Lipinski definition) is 4. The molecule has 2 aliphatic rings. The van der Waals surface area contributed by atoms with Crippen LogP contribution in [0.4, 0.5) is 17.1 Å². The van der Waals surface area contributed by atoms with Crippen LogP contribution in [0.1, 0.15) is 69.4 Å². The van der Waals surface area contributed by atoms with Crippen LogP contribution in [0.25, 0.3) is 33.4 Å². The maximum Gasteiger partial charge on any atom is 0.253 e. The molecule has 0 spiro atoms. The molecule has 0 amide bonds. The Hall–Kier alpha value is -5.91. The van der Waals surface area contributed by atoms with Crippen LogP contribution in [0.3, 0.4) is 0 Å². The van der Waals surface area contributed by atoms with Crippen molar-refractivity contribution < 1.29 is 9.15 Å². The summed E-state index contributed by atoms with van der Waals surface area (Å²) < 4.78 is 13.9. The van der Waals surface area contributed by atoms with Crippen LogP contribution in [0, 0.1) is 20.8 Å². The SMILES string of the molecule is Cc1cc2c3c(c1)Sc1cc4c(-c5ccccc5)oc(-c5ccccc5)c4cc1B3c1ccc(N(c3ccc(C(C)(C)C)cc3C)c3ccc(C(C)(C)C)cc3C)cc1O2. The zero-order valence-electron chi connectivity index (χ0n) is 36.0. The molecule has 8 aromatic rings. The summed E-state index contributed by atoms with van der Waals surface area (Å²) in [6.07, 6.45) is 0. The van der Waals surface area contributed by atoms with Crippen molar-refractivity contribution in [2.24, 2.45) is 0 Å². The normalized spacial score (nSPS) is 13.1. The predicted molar refractivity (Wildman–Crippen MR) is 255 cm³/mol. The lowest BCUT2D eigenvalue weighted by atomic mass is 9.35. The molecule has 3 heterocycles. The monoisotopic (exact) mass is 799 g/mol. The Labute approximate surface area is 359 Å². The van der Waals surface area contributed by atoms with Crippen molar-refractivity contribution in [2.45, 2.75) is 82.9 Å². The molecule has 0 aliphatic carbocycles. The molecule has 3 nitrogen and oxygen atoms in total. The second kappa shape index (κ2) is 14.1. The summed E-state index contributed by atoms with van der Waals surface area (Å²) in [7, 11) is 0. The Morgan fingerprint density at radius 2 is 1.08 bits per heavy atom. The molecule has 296 valence electrons. The lowest BCUT2D eigenvalue weighted by molar-refractivity contribution is 0.486. The first-order chi connectivity index (χ1) is 28.7. The van der Waals surface area contributed by atoms with E-state index in [-0.39, 0.29) is 17.5 Å². The van der Waals surface area contributed by atoms with E-state index < -0.39 is 0 Å². The number of furan rings is 1. The lowest BCUT2D eigenvalue weighted by Gasteiger charge is -2.35. The number of rotatable bonds is 5. The average molecular weight is 800 g/mol. The highest BCUT2D eigenvalue weighted by atomic mass is 32.2. The lowest BCUT2D eigenvalue weighted by Crippen LogP contribution is -2.57. The molecule has 2 aliphatic heterocycles. The van der Waals surface area contributed by atoms with Gasteiger partial charge >= 0.3 is 0 Å². The first-order valence-corrected chi connectivity index (χ1v) is 21.9. The van der Waals surface area contributed by atoms with Gasteiger partial charge in [0.25, 0.3) is 6.71 Å². The van der Waals surface area contributed by atoms with Gasteiger partial charge in [0.2, 0.25) is 0 Å². The molecular formula is C55H50BNO2S. The minimum atomic E-state index is -0.0122. The molecule has 5 heteroatoms. The predicted octanol–water partition coefficient (Wildman–Crippen LogP) is 13.8. The molecule has 0 bridgehead atoms. The highest BCUT2D eigenvalue weighted by molar-refractivity contribution is 8.00. The fourth-order valence-corrected chi connectivity index (χ4v) is 10.4. The van der Waals surface area contributed by atoms with E-state index in [2.05, 4.69) is 207 Å². The van der Waals surface area contributed by atoms with E-state index in [1.54, 1.807) is 0 Å². The van der Waals surface area contributed by atoms with Crippen LogP contribution in [-0.4, -0.2) is 6.71 Å². The number of fused-ring (bicyclic) bond motifs is 5. The van der Waals surface area contributed by atoms with E-state index in [0.29, 0.717) is 0 Å². The van der Waals surface area contributed by atoms with E-state index in [4.69, 9.17) is 9.15 Å². The standard InChI is InChI=1S/C55H50BNO2S/c1-33-26-48-51-50(27-33)60-49-32-42-41(52(36-16-12-10-13-17-36)59-53(42)37-18-14-11-15-19-37)31-44(49)56(51)43-23-22-40(30-47(43)58-48)57(45-24-20-38(28-34(45)2)54(4,5)6)46-25-21-39(29-35(46)3)55(7,8)9/h10-32H,1-9H3. The maximum absolute atomic E-state index is 7.05. The van der Waals surface area contributed by atoms with E-state index in [1.807, 2.05) is 11.8 Å². The minimum Gasteiger partial charge on any atom is -0.458 e. The molecule has 0 atom stereocenters. The van der Waals surface area contributed by atoms with Gasteiger partial charge in [-0.15, -0.1) is 0 Å². The van der Waals surface area contributed by atoms with Crippen molar-refractivity contribution >= 4 is 62.7 Å². The fourth-order valence-electron chi connectivity index (χ4n) is 9.15.